The quantitative estimate of drug-likeness (QED) is 0.877. The fourth-order valence-corrected chi connectivity index (χ4v) is 6.04. The molecule has 0 aliphatic carbocycles. The van der Waals surface area contributed by atoms with Gasteiger partial charge in [-0.25, -0.2) is 9.97 Å². The van der Waals surface area contributed by atoms with Gasteiger partial charge in [0.2, 0.25) is 5.91 Å². The molecule has 0 radical (unpaired) electrons. The number of fused-ring (bicyclic) bond motifs is 3. The molecular weight excluding hydrogens is 358 g/mol. The second-order valence-electron chi connectivity index (χ2n) is 7.92. The lowest BCUT2D eigenvalue weighted by Crippen LogP contribution is -2.42. The van der Waals surface area contributed by atoms with E-state index in [1.54, 1.807) is 6.33 Å². The Morgan fingerprint density at radius 2 is 2.15 bits per heavy atom. The third-order valence-electron chi connectivity index (χ3n) is 6.29. The Bertz CT molecular complexity index is 850. The summed E-state index contributed by atoms with van der Waals surface area (Å²) in [4.78, 5) is 28.5. The highest BCUT2D eigenvalue weighted by molar-refractivity contribution is 7.19. The van der Waals surface area contributed by atoms with E-state index in [9.17, 15) is 4.79 Å². The molecule has 2 aromatic rings. The lowest BCUT2D eigenvalue weighted by Gasteiger charge is -2.38. The van der Waals surface area contributed by atoms with Crippen molar-refractivity contribution in [3.8, 4) is 0 Å². The van der Waals surface area contributed by atoms with Gasteiger partial charge in [0.25, 0.3) is 0 Å². The van der Waals surface area contributed by atoms with Crippen LogP contribution in [0.2, 0.25) is 0 Å². The molecule has 0 unspecified atom stereocenters. The molecule has 5 rings (SSSR count). The maximum Gasteiger partial charge on any atom is 0.222 e. The van der Waals surface area contributed by atoms with E-state index in [1.807, 2.05) is 11.3 Å². The molecule has 0 aromatic carbocycles. The van der Waals surface area contributed by atoms with E-state index in [-0.39, 0.29) is 0 Å². The Morgan fingerprint density at radius 1 is 1.19 bits per heavy atom. The zero-order valence-electron chi connectivity index (χ0n) is 15.7. The molecule has 1 atom stereocenters. The number of nitrogens with one attached hydrogen (secondary N) is 1. The molecule has 2 fully saturated rings. The van der Waals surface area contributed by atoms with Gasteiger partial charge in [-0.1, -0.05) is 0 Å². The average Bonchev–Trinajstić information content (AvgIpc) is 3.29. The summed E-state index contributed by atoms with van der Waals surface area (Å²) in [5.74, 6) is 1.47. The van der Waals surface area contributed by atoms with Gasteiger partial charge in [-0.05, 0) is 50.6 Å². The van der Waals surface area contributed by atoms with E-state index in [1.165, 1.54) is 35.1 Å². The van der Waals surface area contributed by atoms with Crippen molar-refractivity contribution >= 4 is 33.3 Å². The fourth-order valence-electron chi connectivity index (χ4n) is 4.88. The Morgan fingerprint density at radius 3 is 3.04 bits per heavy atom. The summed E-state index contributed by atoms with van der Waals surface area (Å²) in [6.45, 7) is 4.88. The van der Waals surface area contributed by atoms with Crippen molar-refractivity contribution in [3.05, 3.63) is 16.8 Å². The first-order valence-electron chi connectivity index (χ1n) is 10.3. The summed E-state index contributed by atoms with van der Waals surface area (Å²) in [5, 5.41) is 4.77. The van der Waals surface area contributed by atoms with Gasteiger partial charge in [-0.3, -0.25) is 4.79 Å². The van der Waals surface area contributed by atoms with Crippen molar-refractivity contribution in [2.24, 2.45) is 0 Å². The molecule has 144 valence electrons. The minimum absolute atomic E-state index is 0.334. The van der Waals surface area contributed by atoms with Crippen LogP contribution in [0.1, 0.15) is 49.0 Å². The Balaban J connectivity index is 1.44. The van der Waals surface area contributed by atoms with Gasteiger partial charge >= 0.3 is 0 Å². The van der Waals surface area contributed by atoms with Gasteiger partial charge in [-0.15, -0.1) is 11.3 Å². The zero-order valence-corrected chi connectivity index (χ0v) is 16.6. The minimum atomic E-state index is 0.334. The summed E-state index contributed by atoms with van der Waals surface area (Å²) in [7, 11) is 0. The molecule has 3 aliphatic rings. The molecule has 7 heteroatoms. The maximum absolute atomic E-state index is 12.0. The number of hydrogen-bond donors (Lipinski definition) is 1. The molecule has 1 N–H and O–H groups in total. The van der Waals surface area contributed by atoms with Crippen molar-refractivity contribution < 1.29 is 4.79 Å². The van der Waals surface area contributed by atoms with Crippen LogP contribution in [0.5, 0.6) is 0 Å². The molecular formula is C20H27N5OS. The Labute approximate surface area is 164 Å². The van der Waals surface area contributed by atoms with E-state index >= 15 is 0 Å². The lowest BCUT2D eigenvalue weighted by atomic mass is 9.98. The number of nitrogens with zero attached hydrogens (tertiary/aromatic N) is 4. The first kappa shape index (κ1) is 17.4. The number of rotatable bonds is 4. The molecule has 2 saturated heterocycles. The molecule has 27 heavy (non-hydrogen) atoms. The highest BCUT2D eigenvalue weighted by Crippen LogP contribution is 2.39. The normalized spacial score (nSPS) is 23.3. The zero-order chi connectivity index (χ0) is 18.2. The first-order valence-corrected chi connectivity index (χ1v) is 11.1. The first-order chi connectivity index (χ1) is 13.3. The van der Waals surface area contributed by atoms with Gasteiger partial charge in [-0.2, -0.15) is 0 Å². The molecule has 5 heterocycles. The standard InChI is InChI=1S/C20H27N5OS/c26-17-5-3-9-24(17)11-7-14-4-1-2-10-25(14)19-18-15-6-8-21-12-16(15)27-20(18)23-13-22-19/h13-14,21H,1-12H2/t14-/m1/s1. The number of likely N-dealkylation sites (tertiary alicyclic amines) is 1. The smallest absolute Gasteiger partial charge is 0.222 e. The van der Waals surface area contributed by atoms with Crippen LogP contribution in [0.3, 0.4) is 0 Å². The number of piperidine rings is 1. The van der Waals surface area contributed by atoms with Crippen LogP contribution in [0, 0.1) is 0 Å². The van der Waals surface area contributed by atoms with Crippen molar-refractivity contribution in [3.63, 3.8) is 0 Å². The van der Waals surface area contributed by atoms with E-state index < -0.39 is 0 Å². The highest BCUT2D eigenvalue weighted by Gasteiger charge is 2.29. The van der Waals surface area contributed by atoms with Gasteiger partial charge in [0.05, 0.1) is 5.39 Å². The number of carbonyl (C=O) groups excluding carboxylic acids is 1. The molecule has 1 amide bonds. The topological polar surface area (TPSA) is 61.4 Å². The number of thiophene rings is 1. The maximum atomic E-state index is 12.0. The monoisotopic (exact) mass is 385 g/mol. The number of anilines is 1. The average molecular weight is 386 g/mol. The van der Waals surface area contributed by atoms with Crippen molar-refractivity contribution in [2.45, 2.75) is 57.5 Å². The molecule has 3 aliphatic heterocycles. The predicted octanol–water partition coefficient (Wildman–Crippen LogP) is 2.71. The van der Waals surface area contributed by atoms with E-state index in [0.29, 0.717) is 11.9 Å². The molecule has 0 spiro atoms. The second-order valence-corrected chi connectivity index (χ2v) is 9.01. The van der Waals surface area contributed by atoms with Crippen LogP contribution in [-0.4, -0.2) is 53.0 Å². The van der Waals surface area contributed by atoms with Crippen LogP contribution >= 0.6 is 11.3 Å². The van der Waals surface area contributed by atoms with E-state index in [2.05, 4.69) is 20.1 Å². The van der Waals surface area contributed by atoms with E-state index in [4.69, 9.17) is 4.98 Å². The third-order valence-corrected chi connectivity index (χ3v) is 7.43. The van der Waals surface area contributed by atoms with Gasteiger partial charge in [0.1, 0.15) is 17.0 Å². The van der Waals surface area contributed by atoms with Crippen LogP contribution in [0.25, 0.3) is 10.2 Å². The summed E-state index contributed by atoms with van der Waals surface area (Å²) >= 11 is 1.82. The number of amides is 1. The van der Waals surface area contributed by atoms with Gasteiger partial charge in [0.15, 0.2) is 0 Å². The van der Waals surface area contributed by atoms with Crippen molar-refractivity contribution in [2.75, 3.05) is 31.1 Å². The largest absolute Gasteiger partial charge is 0.353 e. The fraction of sp³-hybridized carbons (Fsp3) is 0.650. The lowest BCUT2D eigenvalue weighted by molar-refractivity contribution is -0.127. The van der Waals surface area contributed by atoms with Gasteiger partial charge < -0.3 is 15.1 Å². The summed E-state index contributed by atoms with van der Waals surface area (Å²) in [6.07, 6.45) is 9.30. The molecule has 0 saturated carbocycles. The van der Waals surface area contributed by atoms with E-state index in [0.717, 1.165) is 69.1 Å². The Kier molecular flexibility index (Phi) is 4.73. The summed E-state index contributed by atoms with van der Waals surface area (Å²) in [5.41, 5.74) is 1.46. The Hall–Kier alpha value is -1.73. The molecule has 2 aromatic heterocycles. The highest BCUT2D eigenvalue weighted by atomic mass is 32.1. The van der Waals surface area contributed by atoms with Gasteiger partial charge in [0, 0.05) is 43.5 Å². The predicted molar refractivity (Wildman–Crippen MR) is 108 cm³/mol. The molecule has 0 bridgehead atoms. The van der Waals surface area contributed by atoms with Crippen LogP contribution in [-0.2, 0) is 17.8 Å². The summed E-state index contributed by atoms with van der Waals surface area (Å²) in [6, 6.07) is 0.475. The summed E-state index contributed by atoms with van der Waals surface area (Å²) < 4.78 is 0. The van der Waals surface area contributed by atoms with Crippen molar-refractivity contribution in [1.82, 2.24) is 20.2 Å². The molecule has 6 nitrogen and oxygen atoms in total. The van der Waals surface area contributed by atoms with Crippen LogP contribution in [0.4, 0.5) is 5.82 Å². The number of hydrogen-bond acceptors (Lipinski definition) is 6. The number of carbonyl (C=O) groups is 1. The SMILES string of the molecule is O=C1CCCN1CC[C@H]1CCCCN1c1ncnc2sc3c(c12)CCNC3. The third kappa shape index (κ3) is 3.21. The van der Waals surface area contributed by atoms with Crippen LogP contribution < -0.4 is 10.2 Å². The van der Waals surface area contributed by atoms with Crippen molar-refractivity contribution in [1.29, 1.82) is 0 Å². The number of aromatic nitrogens is 2. The second kappa shape index (κ2) is 7.36. The van der Waals surface area contributed by atoms with Crippen LogP contribution in [0.15, 0.2) is 6.33 Å². The minimum Gasteiger partial charge on any atom is -0.353 e.